The Kier molecular flexibility index (Phi) is 8.80. The Bertz CT molecular complexity index is 3570. The second-order valence-corrected chi connectivity index (χ2v) is 17.2. The van der Waals surface area contributed by atoms with Crippen LogP contribution >= 0.6 is 0 Å². The highest BCUT2D eigenvalue weighted by Gasteiger charge is 2.38. The normalized spacial score (nSPS) is 12.7. The van der Waals surface area contributed by atoms with Crippen LogP contribution in [0.2, 0.25) is 0 Å². The van der Waals surface area contributed by atoms with Gasteiger partial charge < -0.3 is 0 Å². The molecular weight excluding hydrogens is 777 g/mol. The van der Waals surface area contributed by atoms with Gasteiger partial charge in [0.1, 0.15) is 0 Å². The molecule has 1 aliphatic rings. The van der Waals surface area contributed by atoms with Crippen molar-refractivity contribution in [3.05, 3.63) is 230 Å². The first-order chi connectivity index (χ1) is 31.5. The van der Waals surface area contributed by atoms with E-state index in [1.165, 1.54) is 49.9 Å². The number of nitrogens with zero attached hydrogens (tertiary/aromatic N) is 4. The third kappa shape index (κ3) is 6.18. The SMILES string of the molecule is CC1(C)c2ccccc2-c2ccc3c4ccccc4n(-c4nc(-c5ccc(-c6cccc(-c7ccccc7)c6)cc5)nc(-c5cccc(-c6ccccc6-c6ccccc6)c5)n4)c3c21. The maximum absolute atomic E-state index is 5.45. The van der Waals surface area contributed by atoms with Crippen LogP contribution in [0.5, 0.6) is 0 Å². The van der Waals surface area contributed by atoms with Gasteiger partial charge in [-0.1, -0.05) is 214 Å². The number of rotatable bonds is 7. The molecule has 0 N–H and O–H groups in total. The van der Waals surface area contributed by atoms with Crippen LogP contribution in [-0.4, -0.2) is 19.5 Å². The predicted octanol–water partition coefficient (Wildman–Crippen LogP) is 15.3. The molecule has 0 unspecified atom stereocenters. The number of hydrogen-bond donors (Lipinski definition) is 0. The Balaban J connectivity index is 1.06. The molecule has 1 aliphatic carbocycles. The fourth-order valence-electron chi connectivity index (χ4n) is 9.99. The van der Waals surface area contributed by atoms with Gasteiger partial charge >= 0.3 is 0 Å². The molecule has 0 saturated carbocycles. The maximum atomic E-state index is 5.45. The molecule has 0 radical (unpaired) electrons. The molecule has 0 fully saturated rings. The monoisotopic (exact) mass is 818 g/mol. The van der Waals surface area contributed by atoms with Gasteiger partial charge in [-0.15, -0.1) is 0 Å². The van der Waals surface area contributed by atoms with E-state index in [2.05, 4.69) is 237 Å². The quantitative estimate of drug-likeness (QED) is 0.161. The zero-order valence-electron chi connectivity index (χ0n) is 35.6. The minimum Gasteiger partial charge on any atom is -0.277 e. The average Bonchev–Trinajstić information content (AvgIpc) is 3.82. The lowest BCUT2D eigenvalue weighted by atomic mass is 9.81. The van der Waals surface area contributed by atoms with Crippen LogP contribution in [0.1, 0.15) is 25.0 Å². The molecule has 0 spiro atoms. The van der Waals surface area contributed by atoms with Gasteiger partial charge in [0.05, 0.1) is 11.0 Å². The van der Waals surface area contributed by atoms with Crippen LogP contribution in [-0.2, 0) is 5.41 Å². The van der Waals surface area contributed by atoms with Gasteiger partial charge in [-0.2, -0.15) is 9.97 Å². The molecule has 0 saturated heterocycles. The van der Waals surface area contributed by atoms with Crippen molar-refractivity contribution in [1.82, 2.24) is 19.5 Å². The first-order valence-electron chi connectivity index (χ1n) is 21.9. The summed E-state index contributed by atoms with van der Waals surface area (Å²) in [6.45, 7) is 4.69. The van der Waals surface area contributed by atoms with Crippen LogP contribution in [0.3, 0.4) is 0 Å². The molecule has 0 bridgehead atoms. The Morgan fingerprint density at radius 3 is 1.59 bits per heavy atom. The largest absolute Gasteiger partial charge is 0.277 e. The van der Waals surface area contributed by atoms with E-state index in [0.29, 0.717) is 17.6 Å². The molecule has 0 aliphatic heterocycles. The van der Waals surface area contributed by atoms with Crippen LogP contribution in [0, 0.1) is 0 Å². The Hall–Kier alpha value is -8.21. The second kappa shape index (κ2) is 15.0. The van der Waals surface area contributed by atoms with E-state index >= 15 is 0 Å². The van der Waals surface area contributed by atoms with Crippen molar-refractivity contribution in [1.29, 1.82) is 0 Å². The highest BCUT2D eigenvalue weighted by molar-refractivity contribution is 6.13. The predicted molar refractivity (Wildman–Crippen MR) is 264 cm³/mol. The van der Waals surface area contributed by atoms with Crippen molar-refractivity contribution in [3.8, 4) is 84.4 Å². The summed E-state index contributed by atoms with van der Waals surface area (Å²) in [5.41, 5.74) is 18.1. The molecule has 64 heavy (non-hydrogen) atoms. The van der Waals surface area contributed by atoms with Gasteiger partial charge in [0.25, 0.3) is 0 Å². The first-order valence-corrected chi connectivity index (χ1v) is 21.9. The summed E-state index contributed by atoms with van der Waals surface area (Å²) in [7, 11) is 0. The third-order valence-electron chi connectivity index (χ3n) is 13.1. The van der Waals surface area contributed by atoms with Gasteiger partial charge in [-0.3, -0.25) is 4.57 Å². The number of hydrogen-bond acceptors (Lipinski definition) is 3. The van der Waals surface area contributed by atoms with E-state index in [1.54, 1.807) is 0 Å². The lowest BCUT2D eigenvalue weighted by Gasteiger charge is -2.23. The van der Waals surface area contributed by atoms with Crippen molar-refractivity contribution in [2.45, 2.75) is 19.3 Å². The van der Waals surface area contributed by atoms with E-state index in [-0.39, 0.29) is 5.41 Å². The second-order valence-electron chi connectivity index (χ2n) is 17.2. The van der Waals surface area contributed by atoms with E-state index < -0.39 is 0 Å². The fraction of sp³-hybridized carbons (Fsp3) is 0.0500. The molecule has 0 amide bonds. The summed E-state index contributed by atoms with van der Waals surface area (Å²) >= 11 is 0. The van der Waals surface area contributed by atoms with Gasteiger partial charge in [-0.05, 0) is 85.0 Å². The lowest BCUT2D eigenvalue weighted by molar-refractivity contribution is 0.663. The summed E-state index contributed by atoms with van der Waals surface area (Å²) < 4.78 is 2.30. The lowest BCUT2D eigenvalue weighted by Crippen LogP contribution is -2.17. The molecule has 2 aromatic heterocycles. The molecule has 4 nitrogen and oxygen atoms in total. The number of para-hydroxylation sites is 1. The molecule has 9 aromatic carbocycles. The Labute approximate surface area is 372 Å². The van der Waals surface area contributed by atoms with Gasteiger partial charge in [-0.25, -0.2) is 4.98 Å². The summed E-state index contributed by atoms with van der Waals surface area (Å²) in [5.74, 6) is 1.81. The van der Waals surface area contributed by atoms with E-state index in [1.807, 2.05) is 0 Å². The summed E-state index contributed by atoms with van der Waals surface area (Å²) in [6.07, 6.45) is 0. The number of aromatic nitrogens is 4. The Morgan fingerprint density at radius 2 is 0.859 bits per heavy atom. The van der Waals surface area contributed by atoms with Crippen LogP contribution in [0.25, 0.3) is 106 Å². The molecule has 11 aromatic rings. The standard InChI is InChI=1S/C60H42N4/c1-60(2)53-29-13-11-27-49(53)51-35-36-52-50-28-12-14-30-54(50)64(56(52)55(51)60)59-62-57(42-33-31-40(32-34-42)44-22-15-21-43(37-44)39-17-5-3-6-18-39)61-58(63-59)46-24-16-23-45(38-46)48-26-10-9-25-47(48)41-19-7-4-8-20-41/h3-38H,1-2H3. The third-order valence-corrected chi connectivity index (χ3v) is 13.1. The van der Waals surface area contributed by atoms with Crippen molar-refractivity contribution in [2.24, 2.45) is 0 Å². The summed E-state index contributed by atoms with van der Waals surface area (Å²) in [5, 5.41) is 2.34. The van der Waals surface area contributed by atoms with E-state index in [0.717, 1.165) is 49.8 Å². The Morgan fingerprint density at radius 1 is 0.344 bits per heavy atom. The van der Waals surface area contributed by atoms with E-state index in [4.69, 9.17) is 15.0 Å². The molecule has 4 heteroatoms. The topological polar surface area (TPSA) is 43.6 Å². The van der Waals surface area contributed by atoms with Crippen LogP contribution < -0.4 is 0 Å². The van der Waals surface area contributed by atoms with Crippen molar-refractivity contribution < 1.29 is 0 Å². The maximum Gasteiger partial charge on any atom is 0.238 e. The molecule has 302 valence electrons. The van der Waals surface area contributed by atoms with Crippen molar-refractivity contribution in [2.75, 3.05) is 0 Å². The molecule has 0 atom stereocenters. The van der Waals surface area contributed by atoms with Gasteiger partial charge in [0, 0.05) is 27.3 Å². The van der Waals surface area contributed by atoms with Crippen molar-refractivity contribution in [3.63, 3.8) is 0 Å². The van der Waals surface area contributed by atoms with Crippen molar-refractivity contribution >= 4 is 21.8 Å². The van der Waals surface area contributed by atoms with Gasteiger partial charge in [0.15, 0.2) is 11.6 Å². The molecular formula is C60H42N4. The van der Waals surface area contributed by atoms with Gasteiger partial charge in [0.2, 0.25) is 5.95 Å². The molecule has 12 rings (SSSR count). The minimum absolute atomic E-state index is 0.260. The smallest absolute Gasteiger partial charge is 0.238 e. The highest BCUT2D eigenvalue weighted by atomic mass is 15.2. The fourth-order valence-corrected chi connectivity index (χ4v) is 9.99. The zero-order chi connectivity index (χ0) is 42.8. The summed E-state index contributed by atoms with van der Waals surface area (Å²) in [6, 6.07) is 77.8. The zero-order valence-corrected chi connectivity index (χ0v) is 35.6. The number of benzene rings is 9. The number of fused-ring (bicyclic) bond motifs is 7. The van der Waals surface area contributed by atoms with Crippen LogP contribution in [0.4, 0.5) is 0 Å². The summed E-state index contributed by atoms with van der Waals surface area (Å²) in [4.78, 5) is 16.2. The van der Waals surface area contributed by atoms with E-state index in [9.17, 15) is 0 Å². The average molecular weight is 819 g/mol. The molecule has 2 heterocycles. The highest BCUT2D eigenvalue weighted by Crippen LogP contribution is 2.53. The van der Waals surface area contributed by atoms with Crippen LogP contribution in [0.15, 0.2) is 218 Å². The first kappa shape index (κ1) is 37.5. The minimum atomic E-state index is -0.260.